The van der Waals surface area contributed by atoms with Gasteiger partial charge in [0, 0.05) is 19.4 Å². The zero-order chi connectivity index (χ0) is 60.1. The van der Waals surface area contributed by atoms with Crippen LogP contribution in [-0.2, 0) is 54.4 Å². The molecule has 8 amide bonds. The number of benzene rings is 1. The van der Waals surface area contributed by atoms with Gasteiger partial charge in [-0.25, -0.2) is 4.79 Å². The predicted octanol–water partition coefficient (Wildman–Crippen LogP) is 0.0171. The maximum Gasteiger partial charge on any atom is 0.326 e. The maximum absolute atomic E-state index is 14.4. The molecule has 0 aromatic heterocycles. The molecule has 0 heterocycles. The fraction of sp³-hybridized carbons (Fsp3) is 0.685. The number of amides is 8. The summed E-state index contributed by atoms with van der Waals surface area (Å²) in [6.07, 6.45) is 1.08. The van der Waals surface area contributed by atoms with E-state index in [9.17, 15) is 53.1 Å². The lowest BCUT2D eigenvalue weighted by Gasteiger charge is -2.30. The molecule has 0 fully saturated rings. The van der Waals surface area contributed by atoms with Crippen LogP contribution in [0.15, 0.2) is 35.3 Å². The average Bonchev–Trinajstić information content (AvgIpc) is 3.37. The molecule has 0 saturated heterocycles. The summed E-state index contributed by atoms with van der Waals surface area (Å²) >= 11 is 0. The van der Waals surface area contributed by atoms with Gasteiger partial charge in [-0.1, -0.05) is 106 Å². The van der Waals surface area contributed by atoms with Crippen LogP contribution in [0.1, 0.15) is 139 Å². The minimum Gasteiger partial charge on any atom is -0.481 e. The standard InChI is InChI=1S/C54H93N13O12/c1-11-33(10)44(67-45(70)35(56)22-23-41(68)69)52(77)61-37(21-17-25-59-54(57)58)46(71)62-38(26-29(2)3)48(73)60-36(20-15-16-24-55)47(72)65-42(31(6)7)50(75)63-39(28-34-18-13-12-14-19-34)49(74)66-43(32(8)9)51(76)64-40(53(78)79)27-30(4)5/h12-14,18-19,29-33,35-40,42-44H,11,15-17,20-28,55-56H2,1-10H3,(H,60,73)(H,61,77)(H,62,71)(H,63,75)(H,64,76)(H,65,72)(H,66,74)(H,67,70)(H,68,69)(H,78,79)(H4,57,58,59)/t33-,35-,36-,37-,38-,39-,40-,42-,43-,44-/m0/s1. The van der Waals surface area contributed by atoms with Crippen molar-refractivity contribution in [3.05, 3.63) is 35.9 Å². The number of rotatable bonds is 38. The fourth-order valence-electron chi connectivity index (χ4n) is 8.27. The number of nitrogens with one attached hydrogen (secondary N) is 8. The van der Waals surface area contributed by atoms with E-state index in [4.69, 9.17) is 28.0 Å². The summed E-state index contributed by atoms with van der Waals surface area (Å²) in [6.45, 7) is 17.8. The third kappa shape index (κ3) is 27.0. The van der Waals surface area contributed by atoms with E-state index >= 15 is 0 Å². The van der Waals surface area contributed by atoms with Crippen molar-refractivity contribution in [2.75, 3.05) is 13.1 Å². The largest absolute Gasteiger partial charge is 0.481 e. The Kier molecular flexibility index (Phi) is 32.2. The van der Waals surface area contributed by atoms with E-state index in [2.05, 4.69) is 47.5 Å². The summed E-state index contributed by atoms with van der Waals surface area (Å²) in [5, 5.41) is 40.5. The lowest BCUT2D eigenvalue weighted by molar-refractivity contribution is -0.143. The van der Waals surface area contributed by atoms with Gasteiger partial charge in [-0.2, -0.15) is 0 Å². The Balaban J connectivity index is 3.59. The minimum atomic E-state index is -1.30. The Bertz CT molecular complexity index is 2170. The number of hydrogen-bond acceptors (Lipinski definition) is 13. The van der Waals surface area contributed by atoms with Gasteiger partial charge in [-0.3, -0.25) is 48.1 Å². The van der Waals surface area contributed by atoms with Crippen LogP contribution in [0.4, 0.5) is 0 Å². The van der Waals surface area contributed by atoms with Crippen LogP contribution in [0, 0.1) is 29.6 Å². The highest BCUT2D eigenvalue weighted by molar-refractivity contribution is 5.98. The van der Waals surface area contributed by atoms with Crippen molar-refractivity contribution in [1.29, 1.82) is 0 Å². The summed E-state index contributed by atoms with van der Waals surface area (Å²) < 4.78 is 0. The summed E-state index contributed by atoms with van der Waals surface area (Å²) in [5.74, 6) is -10.4. The molecule has 18 N–H and O–H groups in total. The number of carboxylic acid groups (broad SMARTS) is 2. The van der Waals surface area contributed by atoms with Gasteiger partial charge in [0.15, 0.2) is 5.96 Å². The number of carboxylic acids is 2. The monoisotopic (exact) mass is 1120 g/mol. The van der Waals surface area contributed by atoms with Gasteiger partial charge in [0.05, 0.1) is 6.04 Å². The average molecular weight is 1120 g/mol. The van der Waals surface area contributed by atoms with Crippen LogP contribution in [0.2, 0.25) is 0 Å². The topological polar surface area (TPSA) is 424 Å². The quantitative estimate of drug-likeness (QED) is 0.0236. The van der Waals surface area contributed by atoms with Crippen LogP contribution in [0.3, 0.4) is 0 Å². The van der Waals surface area contributed by atoms with E-state index in [0.29, 0.717) is 24.8 Å². The smallest absolute Gasteiger partial charge is 0.326 e. The van der Waals surface area contributed by atoms with Crippen molar-refractivity contribution >= 4 is 65.2 Å². The zero-order valence-electron chi connectivity index (χ0n) is 47.9. The van der Waals surface area contributed by atoms with Gasteiger partial charge < -0.3 is 75.7 Å². The first-order chi connectivity index (χ1) is 37.0. The van der Waals surface area contributed by atoms with E-state index in [1.165, 1.54) is 0 Å². The van der Waals surface area contributed by atoms with Crippen LogP contribution in [0.5, 0.6) is 0 Å². The zero-order valence-corrected chi connectivity index (χ0v) is 47.9. The van der Waals surface area contributed by atoms with Crippen molar-refractivity contribution in [3.63, 3.8) is 0 Å². The Hall–Kier alpha value is -6.89. The SMILES string of the molecule is CC[C@H](C)[C@H](NC(=O)[C@@H](N)CCC(=O)O)C(=O)N[C@@H](CCCN=C(N)N)C(=O)N[C@@H](CC(C)C)C(=O)N[C@@H](CCCCN)C(=O)N[C@H](C(=O)N[C@@H](Cc1ccccc1)C(=O)N[C@H](C(=O)N[C@@H](CC(C)C)C(=O)O)C(C)C)C(C)C. The van der Waals surface area contributed by atoms with Crippen LogP contribution in [-0.4, -0.2) is 143 Å². The lowest BCUT2D eigenvalue weighted by atomic mass is 9.96. The number of nitrogens with two attached hydrogens (primary N) is 4. The van der Waals surface area contributed by atoms with Gasteiger partial charge in [0.1, 0.15) is 48.3 Å². The van der Waals surface area contributed by atoms with Gasteiger partial charge in [0.2, 0.25) is 47.3 Å². The van der Waals surface area contributed by atoms with Crippen LogP contribution in [0.25, 0.3) is 0 Å². The van der Waals surface area contributed by atoms with Crippen LogP contribution < -0.4 is 65.5 Å². The molecule has 25 heteroatoms. The van der Waals surface area contributed by atoms with E-state index < -0.39 is 131 Å². The maximum atomic E-state index is 14.4. The molecule has 446 valence electrons. The highest BCUT2D eigenvalue weighted by atomic mass is 16.4. The number of unbranched alkanes of at least 4 members (excludes halogenated alkanes) is 1. The Morgan fingerprint density at radius 2 is 0.949 bits per heavy atom. The van der Waals surface area contributed by atoms with E-state index in [1.54, 1.807) is 71.9 Å². The van der Waals surface area contributed by atoms with Crippen LogP contribution >= 0.6 is 0 Å². The predicted molar refractivity (Wildman–Crippen MR) is 299 cm³/mol. The van der Waals surface area contributed by atoms with Crippen molar-refractivity contribution in [2.45, 2.75) is 194 Å². The number of carbonyl (C=O) groups excluding carboxylic acids is 8. The second-order valence-electron chi connectivity index (χ2n) is 21.7. The Morgan fingerprint density at radius 3 is 1.43 bits per heavy atom. The van der Waals surface area contributed by atoms with Crippen molar-refractivity contribution in [3.8, 4) is 0 Å². The molecule has 0 aliphatic carbocycles. The molecule has 79 heavy (non-hydrogen) atoms. The molecular formula is C54H93N13O12. The van der Waals surface area contributed by atoms with E-state index in [1.807, 2.05) is 27.7 Å². The number of aliphatic carboxylic acids is 2. The first-order valence-electron chi connectivity index (χ1n) is 27.4. The second-order valence-corrected chi connectivity index (χ2v) is 21.7. The fourth-order valence-corrected chi connectivity index (χ4v) is 8.27. The number of nitrogens with zero attached hydrogens (tertiary/aromatic N) is 1. The normalized spacial score (nSPS) is 15.1. The van der Waals surface area contributed by atoms with Gasteiger partial charge >= 0.3 is 11.9 Å². The molecule has 0 radical (unpaired) electrons. The molecule has 10 atom stereocenters. The Labute approximate surface area is 465 Å². The third-order valence-electron chi connectivity index (χ3n) is 13.0. The van der Waals surface area contributed by atoms with Gasteiger partial charge in [-0.15, -0.1) is 0 Å². The molecule has 25 nitrogen and oxygen atoms in total. The molecule has 1 aromatic rings. The number of carbonyl (C=O) groups is 10. The number of guanidine groups is 1. The number of hydrogen-bond donors (Lipinski definition) is 14. The summed E-state index contributed by atoms with van der Waals surface area (Å²) in [7, 11) is 0. The molecule has 0 spiro atoms. The molecule has 0 aliphatic rings. The first kappa shape index (κ1) is 70.1. The summed E-state index contributed by atoms with van der Waals surface area (Å²) in [6, 6.07) is -2.47. The number of aliphatic imine (C=N–C) groups is 1. The minimum absolute atomic E-state index is 0.0282. The van der Waals surface area contributed by atoms with Crippen molar-refractivity contribution in [1.82, 2.24) is 42.5 Å². The highest BCUT2D eigenvalue weighted by Gasteiger charge is 2.37. The highest BCUT2D eigenvalue weighted by Crippen LogP contribution is 2.15. The molecular weight excluding hydrogens is 1020 g/mol. The van der Waals surface area contributed by atoms with Gasteiger partial charge in [0.25, 0.3) is 0 Å². The molecule has 1 rings (SSSR count). The summed E-state index contributed by atoms with van der Waals surface area (Å²) in [5.41, 5.74) is 23.5. The molecule has 0 aliphatic heterocycles. The van der Waals surface area contributed by atoms with E-state index in [-0.39, 0.29) is 82.3 Å². The lowest BCUT2D eigenvalue weighted by Crippen LogP contribution is -2.61. The van der Waals surface area contributed by atoms with E-state index in [0.717, 1.165) is 0 Å². The summed E-state index contributed by atoms with van der Waals surface area (Å²) in [4.78, 5) is 139. The Morgan fingerprint density at radius 1 is 0.519 bits per heavy atom. The first-order valence-corrected chi connectivity index (χ1v) is 27.4. The molecule has 0 saturated carbocycles. The second kappa shape index (κ2) is 36.3. The molecule has 1 aromatic carbocycles. The van der Waals surface area contributed by atoms with Gasteiger partial charge in [-0.05, 0) is 93.1 Å². The van der Waals surface area contributed by atoms with Crippen molar-refractivity contribution < 1.29 is 58.2 Å². The molecule has 0 bridgehead atoms. The molecule has 0 unspecified atom stereocenters. The van der Waals surface area contributed by atoms with Crippen molar-refractivity contribution in [2.24, 2.45) is 57.5 Å². The third-order valence-corrected chi connectivity index (χ3v) is 13.0.